The zero-order valence-corrected chi connectivity index (χ0v) is 12.3. The van der Waals surface area contributed by atoms with E-state index < -0.39 is 28.1 Å². The minimum Gasteiger partial charge on any atom is -0.480 e. The number of ether oxygens (including phenoxy) is 1. The van der Waals surface area contributed by atoms with Crippen molar-refractivity contribution in [3.8, 4) is 0 Å². The van der Waals surface area contributed by atoms with Gasteiger partial charge in [0.2, 0.25) is 10.0 Å². The van der Waals surface area contributed by atoms with Gasteiger partial charge in [-0.2, -0.15) is 4.31 Å². The molecule has 1 aliphatic heterocycles. The molecule has 0 bridgehead atoms. The summed E-state index contributed by atoms with van der Waals surface area (Å²) in [5, 5.41) is 9.45. The van der Waals surface area contributed by atoms with Crippen molar-refractivity contribution in [3.63, 3.8) is 0 Å². The number of sulfonamides is 1. The van der Waals surface area contributed by atoms with Crippen LogP contribution in [-0.2, 0) is 19.6 Å². The van der Waals surface area contributed by atoms with Crippen LogP contribution in [-0.4, -0.2) is 49.6 Å². The molecule has 1 N–H and O–H groups in total. The molecule has 1 aromatic rings. The molecule has 110 valence electrons. The number of rotatable bonds is 4. The van der Waals surface area contributed by atoms with Gasteiger partial charge in [0.1, 0.15) is 6.04 Å². The Morgan fingerprint density at radius 2 is 2.20 bits per heavy atom. The largest absolute Gasteiger partial charge is 0.480 e. The highest BCUT2D eigenvalue weighted by molar-refractivity contribution is 7.89. The fourth-order valence-corrected chi connectivity index (χ4v) is 4.12. The van der Waals surface area contributed by atoms with Crippen molar-refractivity contribution in [2.24, 2.45) is 0 Å². The van der Waals surface area contributed by atoms with E-state index in [4.69, 9.17) is 16.3 Å². The van der Waals surface area contributed by atoms with E-state index in [1.807, 2.05) is 0 Å². The van der Waals surface area contributed by atoms with Crippen LogP contribution >= 0.6 is 11.6 Å². The Bertz CT molecular complexity index is 618. The van der Waals surface area contributed by atoms with Crippen LogP contribution in [0.2, 0.25) is 5.02 Å². The van der Waals surface area contributed by atoms with Crippen LogP contribution in [0.25, 0.3) is 0 Å². The molecular formula is C12H14ClNO5S. The standard InChI is InChI=1S/C12H14ClNO5S/c1-19-9-6-11(12(15)16)14(7-9)20(17,18)10-4-2-3-8(13)5-10/h2-5,9,11H,6-7H2,1H3,(H,15,16). The van der Waals surface area contributed by atoms with E-state index in [-0.39, 0.29) is 22.9 Å². The molecule has 1 aromatic carbocycles. The van der Waals surface area contributed by atoms with Gasteiger partial charge in [0.25, 0.3) is 0 Å². The normalized spacial score (nSPS) is 23.9. The molecule has 8 heteroatoms. The number of hydrogen-bond acceptors (Lipinski definition) is 4. The second-order valence-corrected chi connectivity index (χ2v) is 6.81. The summed E-state index contributed by atoms with van der Waals surface area (Å²) in [5.41, 5.74) is 0. The predicted molar refractivity (Wildman–Crippen MR) is 72.2 cm³/mol. The van der Waals surface area contributed by atoms with Gasteiger partial charge in [-0.05, 0) is 18.2 Å². The molecule has 0 aliphatic carbocycles. The Labute approximate surface area is 122 Å². The number of methoxy groups -OCH3 is 1. The van der Waals surface area contributed by atoms with Crippen molar-refractivity contribution in [3.05, 3.63) is 29.3 Å². The minimum absolute atomic E-state index is 0.0162. The molecule has 1 saturated heterocycles. The highest BCUT2D eigenvalue weighted by Crippen LogP contribution is 2.28. The number of carboxylic acid groups (broad SMARTS) is 1. The van der Waals surface area contributed by atoms with Crippen molar-refractivity contribution < 1.29 is 23.1 Å². The average Bonchev–Trinajstić information content (AvgIpc) is 2.83. The quantitative estimate of drug-likeness (QED) is 0.901. The van der Waals surface area contributed by atoms with Gasteiger partial charge in [-0.15, -0.1) is 0 Å². The molecule has 1 fully saturated rings. The van der Waals surface area contributed by atoms with Crippen molar-refractivity contribution in [2.45, 2.75) is 23.5 Å². The first-order valence-corrected chi connectivity index (χ1v) is 7.71. The molecule has 6 nitrogen and oxygen atoms in total. The van der Waals surface area contributed by atoms with E-state index in [1.165, 1.54) is 25.3 Å². The maximum Gasteiger partial charge on any atom is 0.322 e. The van der Waals surface area contributed by atoms with E-state index in [2.05, 4.69) is 0 Å². The number of aliphatic carboxylic acids is 1. The molecule has 2 atom stereocenters. The first-order valence-electron chi connectivity index (χ1n) is 5.89. The Kier molecular flexibility index (Phi) is 4.33. The van der Waals surface area contributed by atoms with Crippen LogP contribution in [0.3, 0.4) is 0 Å². The second-order valence-electron chi connectivity index (χ2n) is 4.48. The molecule has 0 aromatic heterocycles. The lowest BCUT2D eigenvalue weighted by molar-refractivity contribution is -0.140. The Hall–Kier alpha value is -1.15. The molecule has 0 saturated carbocycles. The summed E-state index contributed by atoms with van der Waals surface area (Å²) in [7, 11) is -2.48. The molecule has 1 aliphatic rings. The zero-order valence-electron chi connectivity index (χ0n) is 10.7. The molecule has 20 heavy (non-hydrogen) atoms. The predicted octanol–water partition coefficient (Wildman–Crippen LogP) is 1.20. The highest BCUT2D eigenvalue weighted by Gasteiger charge is 2.44. The van der Waals surface area contributed by atoms with Crippen molar-refractivity contribution in [2.75, 3.05) is 13.7 Å². The van der Waals surface area contributed by atoms with E-state index in [0.717, 1.165) is 4.31 Å². The lowest BCUT2D eigenvalue weighted by Gasteiger charge is -2.20. The maximum absolute atomic E-state index is 12.5. The summed E-state index contributed by atoms with van der Waals surface area (Å²) in [4.78, 5) is 11.2. The smallest absolute Gasteiger partial charge is 0.322 e. The first kappa shape index (κ1) is 15.2. The van der Waals surface area contributed by atoms with Gasteiger partial charge >= 0.3 is 5.97 Å². The van der Waals surface area contributed by atoms with Crippen molar-refractivity contribution in [1.29, 1.82) is 0 Å². The summed E-state index contributed by atoms with van der Waals surface area (Å²) >= 11 is 5.79. The molecular weight excluding hydrogens is 306 g/mol. The number of halogens is 1. The lowest BCUT2D eigenvalue weighted by Crippen LogP contribution is -2.40. The van der Waals surface area contributed by atoms with Gasteiger partial charge in [0, 0.05) is 25.1 Å². The minimum atomic E-state index is -3.91. The van der Waals surface area contributed by atoms with Crippen LogP contribution in [0.4, 0.5) is 0 Å². The Morgan fingerprint density at radius 3 is 2.75 bits per heavy atom. The van der Waals surface area contributed by atoms with Crippen LogP contribution in [0.15, 0.2) is 29.2 Å². The van der Waals surface area contributed by atoms with Gasteiger partial charge < -0.3 is 9.84 Å². The lowest BCUT2D eigenvalue weighted by atomic mass is 10.2. The summed E-state index contributed by atoms with van der Waals surface area (Å²) < 4.78 is 31.1. The first-order chi connectivity index (χ1) is 9.36. The number of carboxylic acids is 1. The third-order valence-corrected chi connectivity index (χ3v) is 5.34. The zero-order chi connectivity index (χ0) is 14.9. The van der Waals surface area contributed by atoms with Crippen molar-refractivity contribution in [1.82, 2.24) is 4.31 Å². The summed E-state index contributed by atoms with van der Waals surface area (Å²) in [5.74, 6) is -1.19. The Morgan fingerprint density at radius 1 is 1.50 bits per heavy atom. The molecule has 0 spiro atoms. The van der Waals surface area contributed by atoms with Crippen LogP contribution in [0, 0.1) is 0 Å². The van der Waals surface area contributed by atoms with Gasteiger partial charge in [-0.3, -0.25) is 4.79 Å². The monoisotopic (exact) mass is 319 g/mol. The summed E-state index contributed by atoms with van der Waals surface area (Å²) in [6, 6.07) is 4.63. The van der Waals surface area contributed by atoms with Crippen LogP contribution < -0.4 is 0 Å². The SMILES string of the molecule is COC1CC(C(=O)O)N(S(=O)(=O)c2cccc(Cl)c2)C1. The van der Waals surface area contributed by atoms with Gasteiger partial charge in [0.05, 0.1) is 11.0 Å². The van der Waals surface area contributed by atoms with Gasteiger partial charge in [-0.1, -0.05) is 17.7 Å². The third kappa shape index (κ3) is 2.80. The number of hydrogen-bond donors (Lipinski definition) is 1. The second kappa shape index (κ2) is 5.69. The van der Waals surface area contributed by atoms with E-state index in [1.54, 1.807) is 6.07 Å². The molecule has 0 radical (unpaired) electrons. The topological polar surface area (TPSA) is 83.9 Å². The fraction of sp³-hybridized carbons (Fsp3) is 0.417. The summed E-state index contributed by atoms with van der Waals surface area (Å²) in [6.45, 7) is 0.0162. The Balaban J connectivity index is 2.39. The molecule has 2 unspecified atom stereocenters. The van der Waals surface area contributed by atoms with E-state index in [0.29, 0.717) is 0 Å². The maximum atomic E-state index is 12.5. The van der Waals surface area contributed by atoms with E-state index >= 15 is 0 Å². The average molecular weight is 320 g/mol. The van der Waals surface area contributed by atoms with Crippen molar-refractivity contribution >= 4 is 27.6 Å². The molecule has 1 heterocycles. The number of nitrogens with zero attached hydrogens (tertiary/aromatic N) is 1. The summed E-state index contributed by atoms with van der Waals surface area (Å²) in [6.07, 6.45) is -0.295. The van der Waals surface area contributed by atoms with Gasteiger partial charge in [0.15, 0.2) is 0 Å². The van der Waals surface area contributed by atoms with E-state index in [9.17, 15) is 18.3 Å². The molecule has 2 rings (SSSR count). The van der Waals surface area contributed by atoms with Crippen LogP contribution in [0.5, 0.6) is 0 Å². The fourth-order valence-electron chi connectivity index (χ4n) is 2.19. The third-order valence-electron chi connectivity index (χ3n) is 3.24. The number of benzene rings is 1. The highest BCUT2D eigenvalue weighted by atomic mass is 35.5. The van der Waals surface area contributed by atoms with Gasteiger partial charge in [-0.25, -0.2) is 8.42 Å². The van der Waals surface area contributed by atoms with Crippen LogP contribution in [0.1, 0.15) is 6.42 Å². The number of carbonyl (C=O) groups is 1. The molecule has 0 amide bonds.